The van der Waals surface area contributed by atoms with Crippen LogP contribution in [-0.4, -0.2) is 23.0 Å². The van der Waals surface area contributed by atoms with Crippen LogP contribution in [0.25, 0.3) is 0 Å². The van der Waals surface area contributed by atoms with Gasteiger partial charge in [0.1, 0.15) is 0 Å². The number of esters is 2. The van der Waals surface area contributed by atoms with Gasteiger partial charge in [0.05, 0.1) is 0 Å². The molecule has 1 rings (SSSR count). The van der Waals surface area contributed by atoms with Gasteiger partial charge in [0, 0.05) is 0 Å². The molecule has 0 atom stereocenters. The van der Waals surface area contributed by atoms with Crippen LogP contribution in [0.3, 0.4) is 0 Å². The Labute approximate surface area is 55.6 Å². The van der Waals surface area contributed by atoms with Crippen molar-refractivity contribution in [2.45, 2.75) is 6.92 Å². The van der Waals surface area contributed by atoms with E-state index >= 15 is 0 Å². The van der Waals surface area contributed by atoms with Crippen molar-refractivity contribution in [2.75, 3.05) is 0 Å². The highest BCUT2D eigenvalue weighted by Crippen LogP contribution is 2.29. The minimum absolute atomic E-state index is 0.995. The van der Waals surface area contributed by atoms with E-state index in [-0.39, 0.29) is 0 Å². The molecule has 0 spiro atoms. The Morgan fingerprint density at radius 2 is 1.90 bits per heavy atom. The number of rotatable bonds is 1. The Balaban J connectivity index is 2.96. The SMILES string of the molecule is CC1(C(=O)O)C(=O)OC1=O. The summed E-state index contributed by atoms with van der Waals surface area (Å²) in [7, 11) is 0. The van der Waals surface area contributed by atoms with Crippen LogP contribution in [0.4, 0.5) is 0 Å². The van der Waals surface area contributed by atoms with Crippen LogP contribution in [0, 0.1) is 5.41 Å². The van der Waals surface area contributed by atoms with Gasteiger partial charge in [0.25, 0.3) is 5.41 Å². The molecular weight excluding hydrogens is 140 g/mol. The lowest BCUT2D eigenvalue weighted by Gasteiger charge is -2.27. The molecule has 0 unspecified atom stereocenters. The van der Waals surface area contributed by atoms with Crippen molar-refractivity contribution < 1.29 is 24.2 Å². The Bertz CT molecular complexity index is 200. The molecule has 54 valence electrons. The van der Waals surface area contributed by atoms with E-state index in [1.54, 1.807) is 0 Å². The summed E-state index contributed by atoms with van der Waals surface area (Å²) >= 11 is 0. The van der Waals surface area contributed by atoms with Gasteiger partial charge in [-0.1, -0.05) is 0 Å². The van der Waals surface area contributed by atoms with Crippen molar-refractivity contribution in [1.82, 2.24) is 0 Å². The van der Waals surface area contributed by atoms with Crippen LogP contribution in [0.1, 0.15) is 6.92 Å². The first-order valence-electron chi connectivity index (χ1n) is 2.49. The first-order valence-corrected chi connectivity index (χ1v) is 2.49. The Morgan fingerprint density at radius 3 is 2.00 bits per heavy atom. The molecule has 0 radical (unpaired) electrons. The fourth-order valence-corrected chi connectivity index (χ4v) is 0.500. The molecule has 5 heteroatoms. The topological polar surface area (TPSA) is 80.7 Å². The molecule has 0 amide bonds. The van der Waals surface area contributed by atoms with Crippen molar-refractivity contribution in [1.29, 1.82) is 0 Å². The average molecular weight is 144 g/mol. The summed E-state index contributed by atoms with van der Waals surface area (Å²) in [6.45, 7) is 1.02. The van der Waals surface area contributed by atoms with Crippen molar-refractivity contribution >= 4 is 17.9 Å². The fourth-order valence-electron chi connectivity index (χ4n) is 0.500. The average Bonchev–Trinajstić information content (AvgIpc) is 1.86. The molecule has 10 heavy (non-hydrogen) atoms. The lowest BCUT2D eigenvalue weighted by molar-refractivity contribution is -0.200. The number of ether oxygens (including phenoxy) is 1. The van der Waals surface area contributed by atoms with Crippen LogP contribution in [0.2, 0.25) is 0 Å². The number of hydrogen-bond donors (Lipinski definition) is 1. The number of carbonyl (C=O) groups excluding carboxylic acids is 2. The summed E-state index contributed by atoms with van der Waals surface area (Å²) in [5.41, 5.74) is -1.94. The highest BCUT2D eigenvalue weighted by molar-refractivity contribution is 6.26. The summed E-state index contributed by atoms with van der Waals surface area (Å²) in [5.74, 6) is -3.45. The van der Waals surface area contributed by atoms with Crippen LogP contribution >= 0.6 is 0 Å². The summed E-state index contributed by atoms with van der Waals surface area (Å²) in [4.78, 5) is 31.0. The molecule has 5 nitrogen and oxygen atoms in total. The van der Waals surface area contributed by atoms with E-state index in [1.807, 2.05) is 0 Å². The Hall–Kier alpha value is -1.39. The molecule has 0 saturated carbocycles. The van der Waals surface area contributed by atoms with E-state index < -0.39 is 23.3 Å². The maximum Gasteiger partial charge on any atom is 0.342 e. The molecule has 1 aliphatic heterocycles. The zero-order chi connectivity index (χ0) is 7.94. The third-order valence-electron chi connectivity index (χ3n) is 1.43. The minimum Gasteiger partial charge on any atom is -0.480 e. The van der Waals surface area contributed by atoms with Gasteiger partial charge in [-0.25, -0.2) is 9.59 Å². The van der Waals surface area contributed by atoms with E-state index in [9.17, 15) is 14.4 Å². The molecule has 0 bridgehead atoms. The van der Waals surface area contributed by atoms with Crippen molar-refractivity contribution in [3.05, 3.63) is 0 Å². The summed E-state index contributed by atoms with van der Waals surface area (Å²) in [6.07, 6.45) is 0. The molecule has 0 aromatic heterocycles. The first kappa shape index (κ1) is 6.73. The number of carbonyl (C=O) groups is 3. The smallest absolute Gasteiger partial charge is 0.342 e. The van der Waals surface area contributed by atoms with Crippen molar-refractivity contribution in [3.63, 3.8) is 0 Å². The second kappa shape index (κ2) is 1.56. The van der Waals surface area contributed by atoms with Crippen molar-refractivity contribution in [3.8, 4) is 0 Å². The molecule has 0 aliphatic carbocycles. The number of carboxylic acids is 1. The van der Waals surface area contributed by atoms with Crippen LogP contribution in [-0.2, 0) is 19.1 Å². The molecule has 1 heterocycles. The highest BCUT2D eigenvalue weighted by atomic mass is 16.6. The van der Waals surface area contributed by atoms with Crippen molar-refractivity contribution in [2.24, 2.45) is 5.41 Å². The Kier molecular flexibility index (Phi) is 1.05. The lowest BCUT2D eigenvalue weighted by atomic mass is 9.87. The van der Waals surface area contributed by atoms with E-state index in [0.717, 1.165) is 6.92 Å². The predicted molar refractivity (Wildman–Crippen MR) is 26.8 cm³/mol. The normalized spacial score (nSPS) is 21.3. The Morgan fingerprint density at radius 1 is 1.50 bits per heavy atom. The zero-order valence-corrected chi connectivity index (χ0v) is 5.08. The number of aliphatic carboxylic acids is 1. The van der Waals surface area contributed by atoms with Gasteiger partial charge in [-0.05, 0) is 6.92 Å². The lowest BCUT2D eigenvalue weighted by Crippen LogP contribution is -2.56. The summed E-state index contributed by atoms with van der Waals surface area (Å²) in [5, 5.41) is 8.31. The van der Waals surface area contributed by atoms with Gasteiger partial charge >= 0.3 is 17.9 Å². The summed E-state index contributed by atoms with van der Waals surface area (Å²) < 4.78 is 3.86. The predicted octanol–water partition coefficient (Wildman–Crippen LogP) is -0.839. The number of carboxylic acid groups (broad SMARTS) is 1. The second-order valence-electron chi connectivity index (χ2n) is 2.11. The molecule has 0 aromatic carbocycles. The van der Waals surface area contributed by atoms with Gasteiger partial charge in [-0.3, -0.25) is 4.79 Å². The quantitative estimate of drug-likeness (QED) is 0.383. The molecule has 1 aliphatic rings. The van der Waals surface area contributed by atoms with Gasteiger partial charge in [0.2, 0.25) is 0 Å². The molecular formula is C5H4O5. The van der Waals surface area contributed by atoms with Gasteiger partial charge in [-0.15, -0.1) is 0 Å². The first-order chi connectivity index (χ1) is 4.49. The van der Waals surface area contributed by atoms with E-state index in [4.69, 9.17) is 5.11 Å². The van der Waals surface area contributed by atoms with E-state index in [1.165, 1.54) is 0 Å². The fraction of sp³-hybridized carbons (Fsp3) is 0.400. The number of cyclic esters (lactones) is 2. The molecule has 0 aromatic rings. The van der Waals surface area contributed by atoms with E-state index in [0.29, 0.717) is 0 Å². The molecule has 1 fully saturated rings. The van der Waals surface area contributed by atoms with Gasteiger partial charge in [-0.2, -0.15) is 0 Å². The maximum atomic E-state index is 10.4. The van der Waals surface area contributed by atoms with Crippen LogP contribution in [0.5, 0.6) is 0 Å². The minimum atomic E-state index is -1.94. The number of hydrogen-bond acceptors (Lipinski definition) is 4. The standard InChI is InChI=1S/C5H4O5/c1-5(2(6)7)3(8)10-4(5)9/h1H3,(H,6,7). The zero-order valence-electron chi connectivity index (χ0n) is 5.08. The second-order valence-corrected chi connectivity index (χ2v) is 2.11. The third kappa shape index (κ3) is 0.490. The maximum absolute atomic E-state index is 10.4. The molecule has 1 N–H and O–H groups in total. The monoisotopic (exact) mass is 144 g/mol. The summed E-state index contributed by atoms with van der Waals surface area (Å²) in [6, 6.07) is 0. The van der Waals surface area contributed by atoms with Crippen LogP contribution in [0.15, 0.2) is 0 Å². The van der Waals surface area contributed by atoms with Crippen LogP contribution < -0.4 is 0 Å². The largest absolute Gasteiger partial charge is 0.480 e. The van der Waals surface area contributed by atoms with Gasteiger partial charge in [0.15, 0.2) is 0 Å². The van der Waals surface area contributed by atoms with E-state index in [2.05, 4.69) is 4.74 Å². The van der Waals surface area contributed by atoms with Gasteiger partial charge < -0.3 is 9.84 Å². The molecule has 1 saturated heterocycles. The third-order valence-corrected chi connectivity index (χ3v) is 1.43. The highest BCUT2D eigenvalue weighted by Gasteiger charge is 2.61.